The molecule has 0 saturated carbocycles. The molecule has 3 rings (SSSR count). The lowest BCUT2D eigenvalue weighted by Crippen LogP contribution is -2.21. The monoisotopic (exact) mass is 498 g/mol. The molecular formula is C20H15BrN6O3S. The Morgan fingerprint density at radius 1 is 1.29 bits per heavy atom. The van der Waals surface area contributed by atoms with Gasteiger partial charge in [0, 0.05) is 5.56 Å². The molecule has 0 spiro atoms. The fourth-order valence-corrected chi connectivity index (χ4v) is 4.75. The van der Waals surface area contributed by atoms with Crippen LogP contribution in [-0.2, 0) is 16.1 Å². The minimum Gasteiger partial charge on any atom is -0.462 e. The van der Waals surface area contributed by atoms with Crippen molar-refractivity contribution in [3.8, 4) is 23.3 Å². The van der Waals surface area contributed by atoms with Gasteiger partial charge in [0.05, 0.1) is 10.4 Å². The highest BCUT2D eigenvalue weighted by Gasteiger charge is 2.27. The molecule has 2 aromatic heterocycles. The number of esters is 1. The lowest BCUT2D eigenvalue weighted by Gasteiger charge is -2.10. The van der Waals surface area contributed by atoms with Gasteiger partial charge in [0.15, 0.2) is 11.4 Å². The van der Waals surface area contributed by atoms with Crippen molar-refractivity contribution < 1.29 is 14.3 Å². The Balaban J connectivity index is 1.98. The molecule has 0 bridgehead atoms. The first-order valence-corrected chi connectivity index (χ1v) is 10.5. The maximum absolute atomic E-state index is 12.7. The van der Waals surface area contributed by atoms with Crippen molar-refractivity contribution in [2.75, 3.05) is 17.7 Å². The van der Waals surface area contributed by atoms with Crippen molar-refractivity contribution >= 4 is 50.1 Å². The summed E-state index contributed by atoms with van der Waals surface area (Å²) in [5.74, 6) is -1.26. The summed E-state index contributed by atoms with van der Waals surface area (Å²) in [4.78, 5) is 29.2. The fourth-order valence-electron chi connectivity index (χ4n) is 2.88. The maximum Gasteiger partial charge on any atom is 0.341 e. The van der Waals surface area contributed by atoms with E-state index < -0.39 is 11.9 Å². The van der Waals surface area contributed by atoms with E-state index >= 15 is 0 Å². The van der Waals surface area contributed by atoms with Crippen LogP contribution in [0.15, 0.2) is 34.1 Å². The number of carbonyl (C=O) groups is 2. The molecule has 0 aliphatic rings. The van der Waals surface area contributed by atoms with Gasteiger partial charge in [-0.1, -0.05) is 30.3 Å². The van der Waals surface area contributed by atoms with Crippen molar-refractivity contribution in [1.29, 1.82) is 10.5 Å². The van der Waals surface area contributed by atoms with Crippen molar-refractivity contribution in [1.82, 2.24) is 9.55 Å². The average molecular weight is 499 g/mol. The van der Waals surface area contributed by atoms with Gasteiger partial charge in [0.1, 0.15) is 29.2 Å². The summed E-state index contributed by atoms with van der Waals surface area (Å²) in [6, 6.07) is 12.8. The molecule has 0 atom stereocenters. The summed E-state index contributed by atoms with van der Waals surface area (Å²) >= 11 is 4.64. The number of nitrogens with two attached hydrogens (primary N) is 1. The van der Waals surface area contributed by atoms with Crippen molar-refractivity contribution in [3.63, 3.8) is 0 Å². The van der Waals surface area contributed by atoms with Gasteiger partial charge >= 0.3 is 5.97 Å². The number of rotatable bonds is 6. The SMILES string of the molecule is CCOC(=O)c1c(NC(=O)Cn2c(N)nc(C#N)c2C#N)sc(Br)c1-c1ccccc1. The Morgan fingerprint density at radius 2 is 2.00 bits per heavy atom. The molecule has 0 aliphatic carbocycles. The number of thiophene rings is 1. The summed E-state index contributed by atoms with van der Waals surface area (Å²) in [6.07, 6.45) is 0. The first kappa shape index (κ1) is 22.0. The standard InChI is InChI=1S/C20H15BrN6O3S/c1-2-30-19(29)16-15(11-6-4-3-5-7-11)17(21)31-18(16)26-14(28)10-27-13(9-23)12(8-22)25-20(27)24/h3-7H,2,10H2,1H3,(H2,24,25)(H,26,28). The van der Waals surface area contributed by atoms with Crippen LogP contribution in [0.25, 0.3) is 11.1 Å². The summed E-state index contributed by atoms with van der Waals surface area (Å²) in [6.45, 7) is 1.50. The van der Waals surface area contributed by atoms with Crippen LogP contribution < -0.4 is 11.1 Å². The van der Waals surface area contributed by atoms with Crippen molar-refractivity contribution in [2.45, 2.75) is 13.5 Å². The summed E-state index contributed by atoms with van der Waals surface area (Å²) in [5.41, 5.74) is 7.07. The number of carbonyl (C=O) groups excluding carboxylic acids is 2. The Hall–Kier alpha value is -3.67. The minimum absolute atomic E-state index is 0.113. The second-order valence-electron chi connectivity index (χ2n) is 6.07. The third-order valence-electron chi connectivity index (χ3n) is 4.17. The van der Waals surface area contributed by atoms with Gasteiger partial charge in [-0.3, -0.25) is 9.36 Å². The molecule has 3 aromatic rings. The van der Waals surface area contributed by atoms with Crippen LogP contribution in [0.2, 0.25) is 0 Å². The first-order valence-electron chi connectivity index (χ1n) is 8.92. The topological polar surface area (TPSA) is 147 Å². The van der Waals surface area contributed by atoms with Crippen LogP contribution in [0.5, 0.6) is 0 Å². The third-order valence-corrected chi connectivity index (χ3v) is 5.95. The van der Waals surface area contributed by atoms with Crippen LogP contribution in [0.3, 0.4) is 0 Å². The van der Waals surface area contributed by atoms with Crippen LogP contribution in [0.4, 0.5) is 10.9 Å². The van der Waals surface area contributed by atoms with Gasteiger partial charge in [0.2, 0.25) is 11.9 Å². The Morgan fingerprint density at radius 3 is 2.61 bits per heavy atom. The molecule has 9 nitrogen and oxygen atoms in total. The highest BCUT2D eigenvalue weighted by atomic mass is 79.9. The number of aromatic nitrogens is 2. The number of nitrogens with zero attached hydrogens (tertiary/aromatic N) is 4. The number of ether oxygens (including phenoxy) is 1. The summed E-state index contributed by atoms with van der Waals surface area (Å²) in [5, 5.41) is 21.3. The van der Waals surface area contributed by atoms with E-state index in [1.807, 2.05) is 36.4 Å². The van der Waals surface area contributed by atoms with E-state index in [0.29, 0.717) is 9.35 Å². The van der Waals surface area contributed by atoms with E-state index in [0.717, 1.165) is 21.5 Å². The van der Waals surface area contributed by atoms with E-state index in [1.54, 1.807) is 13.0 Å². The van der Waals surface area contributed by atoms with Gasteiger partial charge in [-0.05, 0) is 28.4 Å². The number of nitriles is 2. The van der Waals surface area contributed by atoms with Crippen LogP contribution in [-0.4, -0.2) is 28.0 Å². The minimum atomic E-state index is -0.578. The normalized spacial score (nSPS) is 10.2. The average Bonchev–Trinajstić information content (AvgIpc) is 3.24. The van der Waals surface area contributed by atoms with E-state index in [-0.39, 0.29) is 41.1 Å². The van der Waals surface area contributed by atoms with Crippen LogP contribution >= 0.6 is 27.3 Å². The highest BCUT2D eigenvalue weighted by molar-refractivity contribution is 9.11. The van der Waals surface area contributed by atoms with E-state index in [4.69, 9.17) is 15.7 Å². The zero-order valence-electron chi connectivity index (χ0n) is 16.2. The van der Waals surface area contributed by atoms with Crippen LogP contribution in [0, 0.1) is 22.7 Å². The number of halogens is 1. The lowest BCUT2D eigenvalue weighted by molar-refractivity contribution is -0.116. The number of anilines is 2. The largest absolute Gasteiger partial charge is 0.462 e. The summed E-state index contributed by atoms with van der Waals surface area (Å²) in [7, 11) is 0. The van der Waals surface area contributed by atoms with E-state index in [9.17, 15) is 14.9 Å². The molecule has 11 heteroatoms. The fraction of sp³-hybridized carbons (Fsp3) is 0.150. The molecule has 156 valence electrons. The molecule has 31 heavy (non-hydrogen) atoms. The number of nitrogen functional groups attached to an aromatic ring is 1. The molecule has 2 heterocycles. The predicted octanol–water partition coefficient (Wildman–Crippen LogP) is 3.52. The molecule has 0 saturated heterocycles. The second-order valence-corrected chi connectivity index (χ2v) is 8.41. The molecule has 0 unspecified atom stereocenters. The molecule has 0 fully saturated rings. The Kier molecular flexibility index (Phi) is 6.70. The van der Waals surface area contributed by atoms with Gasteiger partial charge < -0.3 is 15.8 Å². The van der Waals surface area contributed by atoms with Crippen LogP contribution in [0.1, 0.15) is 28.7 Å². The van der Waals surface area contributed by atoms with Gasteiger partial charge in [-0.15, -0.1) is 11.3 Å². The maximum atomic E-state index is 12.7. The molecule has 0 aliphatic heterocycles. The van der Waals surface area contributed by atoms with Crippen molar-refractivity contribution in [2.24, 2.45) is 0 Å². The Bertz CT molecular complexity index is 1240. The number of hydrogen-bond acceptors (Lipinski definition) is 8. The number of amides is 1. The van der Waals surface area contributed by atoms with Gasteiger partial charge in [0.25, 0.3) is 0 Å². The first-order chi connectivity index (χ1) is 14.9. The number of benzene rings is 1. The molecular weight excluding hydrogens is 484 g/mol. The highest BCUT2D eigenvalue weighted by Crippen LogP contribution is 2.44. The van der Waals surface area contributed by atoms with E-state index in [2.05, 4.69) is 26.2 Å². The zero-order chi connectivity index (χ0) is 22.5. The van der Waals surface area contributed by atoms with Gasteiger partial charge in [-0.25, -0.2) is 9.78 Å². The van der Waals surface area contributed by atoms with Gasteiger partial charge in [-0.2, -0.15) is 10.5 Å². The molecule has 3 N–H and O–H groups in total. The third kappa shape index (κ3) is 4.43. The predicted molar refractivity (Wildman–Crippen MR) is 118 cm³/mol. The number of hydrogen-bond donors (Lipinski definition) is 2. The number of nitrogens with one attached hydrogen (secondary N) is 1. The zero-order valence-corrected chi connectivity index (χ0v) is 18.6. The molecule has 1 aromatic carbocycles. The molecule has 1 amide bonds. The Labute approximate surface area is 189 Å². The summed E-state index contributed by atoms with van der Waals surface area (Å²) < 4.78 is 6.98. The van der Waals surface area contributed by atoms with E-state index in [1.165, 1.54) is 0 Å². The number of imidazole rings is 1. The molecule has 0 radical (unpaired) electrons. The lowest BCUT2D eigenvalue weighted by atomic mass is 10.0. The van der Waals surface area contributed by atoms with Crippen molar-refractivity contribution in [3.05, 3.63) is 51.1 Å². The second kappa shape index (κ2) is 9.43. The quantitative estimate of drug-likeness (QED) is 0.494. The smallest absolute Gasteiger partial charge is 0.341 e.